The Morgan fingerprint density at radius 1 is 1.33 bits per heavy atom. The Morgan fingerprint density at radius 2 is 2.08 bits per heavy atom. The number of carbonyl (C=O) groups is 1. The molecular weight excluding hydrogens is 323 g/mol. The number of anilines is 1. The van der Waals surface area contributed by atoms with Gasteiger partial charge in [-0.3, -0.25) is 0 Å². The summed E-state index contributed by atoms with van der Waals surface area (Å²) >= 11 is 0. The van der Waals surface area contributed by atoms with E-state index in [9.17, 15) is 23.1 Å². The predicted octanol–water partition coefficient (Wildman–Crippen LogP) is 3.66. The summed E-state index contributed by atoms with van der Waals surface area (Å²) in [5.41, 5.74) is 0.661. The lowest BCUT2D eigenvalue weighted by atomic mass is 10.1. The smallest absolute Gasteiger partial charge is 0.433 e. The highest BCUT2D eigenvalue weighted by molar-refractivity contribution is 5.89. The van der Waals surface area contributed by atoms with Crippen LogP contribution >= 0.6 is 0 Å². The van der Waals surface area contributed by atoms with Gasteiger partial charge in [-0.15, -0.1) is 0 Å². The fourth-order valence-corrected chi connectivity index (χ4v) is 2.69. The zero-order chi connectivity index (χ0) is 17.5. The Kier molecular flexibility index (Phi) is 3.82. The summed E-state index contributed by atoms with van der Waals surface area (Å²) in [6.07, 6.45) is -3.55. The zero-order valence-corrected chi connectivity index (χ0v) is 12.7. The van der Waals surface area contributed by atoms with E-state index in [2.05, 4.69) is 10.3 Å². The molecule has 1 aromatic carbocycles. The molecule has 2 aromatic rings. The fourth-order valence-electron chi connectivity index (χ4n) is 2.69. The van der Waals surface area contributed by atoms with Crippen molar-refractivity contribution < 1.29 is 23.1 Å². The number of halogens is 3. The highest BCUT2D eigenvalue weighted by Crippen LogP contribution is 2.32. The topological polar surface area (TPSA) is 65.5 Å². The summed E-state index contributed by atoms with van der Waals surface area (Å²) in [6, 6.07) is 5.81. The number of benzene rings is 1. The molecule has 0 radical (unpaired) electrons. The molecule has 0 spiro atoms. The first kappa shape index (κ1) is 16.1. The lowest BCUT2D eigenvalue weighted by Crippen LogP contribution is -2.30. The molecule has 8 heteroatoms. The van der Waals surface area contributed by atoms with Crippen LogP contribution in [0.2, 0.25) is 0 Å². The molecule has 1 aliphatic heterocycles. The number of pyridine rings is 1. The van der Waals surface area contributed by atoms with Crippen molar-refractivity contribution in [2.24, 2.45) is 0 Å². The van der Waals surface area contributed by atoms with Gasteiger partial charge in [0.05, 0.1) is 18.4 Å². The van der Waals surface area contributed by atoms with E-state index in [-0.39, 0.29) is 23.5 Å². The lowest BCUT2D eigenvalue weighted by Gasteiger charge is -2.17. The zero-order valence-electron chi connectivity index (χ0n) is 12.7. The van der Waals surface area contributed by atoms with Crippen LogP contribution in [0.5, 0.6) is 5.75 Å². The standard InChI is InChI=1S/C16H14F3N3O2/c1-9-5-11(6-20-14(9)16(17,18)19)21-15(24)22-7-10-3-2-4-13(23)12(10)8-22/h2-6,23H,7-8H2,1H3,(H,21,24). The minimum Gasteiger partial charge on any atom is -0.508 e. The SMILES string of the molecule is Cc1cc(NC(=O)N2Cc3cccc(O)c3C2)cnc1C(F)(F)F. The van der Waals surface area contributed by atoms with E-state index in [1.165, 1.54) is 17.9 Å². The van der Waals surface area contributed by atoms with Gasteiger partial charge >= 0.3 is 12.2 Å². The number of nitrogens with one attached hydrogen (secondary N) is 1. The number of amides is 2. The highest BCUT2D eigenvalue weighted by atomic mass is 19.4. The first-order chi connectivity index (χ1) is 11.3. The van der Waals surface area contributed by atoms with Crippen LogP contribution in [0.4, 0.5) is 23.7 Å². The number of phenols is 1. The molecule has 1 aromatic heterocycles. The number of aryl methyl sites for hydroxylation is 1. The summed E-state index contributed by atoms with van der Waals surface area (Å²) in [6.45, 7) is 1.85. The first-order valence-electron chi connectivity index (χ1n) is 7.15. The summed E-state index contributed by atoms with van der Waals surface area (Å²) in [7, 11) is 0. The van der Waals surface area contributed by atoms with E-state index in [1.807, 2.05) is 6.07 Å². The van der Waals surface area contributed by atoms with Gasteiger partial charge in [0.2, 0.25) is 0 Å². The molecule has 0 bridgehead atoms. The molecule has 126 valence electrons. The minimum absolute atomic E-state index is 0.0670. The predicted molar refractivity (Wildman–Crippen MR) is 80.3 cm³/mol. The quantitative estimate of drug-likeness (QED) is 0.835. The summed E-state index contributed by atoms with van der Waals surface area (Å²) in [5, 5.41) is 12.3. The van der Waals surface area contributed by atoms with E-state index in [0.717, 1.165) is 11.8 Å². The van der Waals surface area contributed by atoms with E-state index >= 15 is 0 Å². The average molecular weight is 337 g/mol. The Hall–Kier alpha value is -2.77. The summed E-state index contributed by atoms with van der Waals surface area (Å²) in [5.74, 6) is 0.120. The van der Waals surface area contributed by atoms with Gasteiger partial charge in [0.1, 0.15) is 11.4 Å². The molecule has 0 atom stereocenters. The molecule has 5 nitrogen and oxygen atoms in total. The minimum atomic E-state index is -4.53. The number of nitrogens with zero attached hydrogens (tertiary/aromatic N) is 2. The number of urea groups is 1. The largest absolute Gasteiger partial charge is 0.508 e. The number of rotatable bonds is 1. The maximum atomic E-state index is 12.7. The third-order valence-electron chi connectivity index (χ3n) is 3.84. The molecule has 0 saturated heterocycles. The second-order valence-corrected chi connectivity index (χ2v) is 5.59. The Labute approximate surface area is 135 Å². The van der Waals surface area contributed by atoms with Gasteiger partial charge in [-0.25, -0.2) is 9.78 Å². The number of aromatic nitrogens is 1. The molecule has 0 aliphatic carbocycles. The van der Waals surface area contributed by atoms with Crippen molar-refractivity contribution in [2.75, 3.05) is 5.32 Å². The van der Waals surface area contributed by atoms with Gasteiger partial charge in [-0.2, -0.15) is 13.2 Å². The molecule has 0 saturated carbocycles. The van der Waals surface area contributed by atoms with Crippen LogP contribution in [-0.4, -0.2) is 21.0 Å². The van der Waals surface area contributed by atoms with Crippen LogP contribution < -0.4 is 5.32 Å². The van der Waals surface area contributed by atoms with Crippen molar-refractivity contribution in [3.05, 3.63) is 52.8 Å². The summed E-state index contributed by atoms with van der Waals surface area (Å²) < 4.78 is 38.1. The van der Waals surface area contributed by atoms with Gasteiger partial charge in [-0.05, 0) is 30.2 Å². The van der Waals surface area contributed by atoms with Gasteiger partial charge in [0.25, 0.3) is 0 Å². The van der Waals surface area contributed by atoms with Crippen molar-refractivity contribution in [3.63, 3.8) is 0 Å². The third kappa shape index (κ3) is 2.99. The van der Waals surface area contributed by atoms with E-state index in [4.69, 9.17) is 0 Å². The monoisotopic (exact) mass is 337 g/mol. The molecule has 3 rings (SSSR count). The van der Waals surface area contributed by atoms with E-state index in [1.54, 1.807) is 12.1 Å². The van der Waals surface area contributed by atoms with Gasteiger partial charge in [0.15, 0.2) is 0 Å². The summed E-state index contributed by atoms with van der Waals surface area (Å²) in [4.78, 5) is 17.1. The lowest BCUT2D eigenvalue weighted by molar-refractivity contribution is -0.141. The Morgan fingerprint density at radius 3 is 2.71 bits per heavy atom. The van der Waals surface area contributed by atoms with Crippen LogP contribution in [-0.2, 0) is 19.3 Å². The average Bonchev–Trinajstić information content (AvgIpc) is 2.91. The van der Waals surface area contributed by atoms with Crippen molar-refractivity contribution in [3.8, 4) is 5.75 Å². The number of fused-ring (bicyclic) bond motifs is 1. The molecule has 2 amide bonds. The number of hydrogen-bond acceptors (Lipinski definition) is 3. The van der Waals surface area contributed by atoms with Crippen LogP contribution in [0.15, 0.2) is 30.5 Å². The van der Waals surface area contributed by atoms with Crippen LogP contribution in [0.3, 0.4) is 0 Å². The van der Waals surface area contributed by atoms with E-state index in [0.29, 0.717) is 12.1 Å². The maximum Gasteiger partial charge on any atom is 0.433 e. The van der Waals surface area contributed by atoms with Gasteiger partial charge in [0, 0.05) is 12.1 Å². The van der Waals surface area contributed by atoms with Crippen LogP contribution in [0, 0.1) is 6.92 Å². The molecular formula is C16H14F3N3O2. The maximum absolute atomic E-state index is 12.7. The molecule has 1 aliphatic rings. The number of carbonyl (C=O) groups excluding carboxylic acids is 1. The number of alkyl halides is 3. The fraction of sp³-hybridized carbons (Fsp3) is 0.250. The molecule has 0 unspecified atom stereocenters. The van der Waals surface area contributed by atoms with Crippen LogP contribution in [0.25, 0.3) is 0 Å². The second kappa shape index (κ2) is 5.70. The number of aromatic hydroxyl groups is 1. The molecule has 2 heterocycles. The molecule has 2 N–H and O–H groups in total. The number of phenolic OH excluding ortho intramolecular Hbond substituents is 1. The Balaban J connectivity index is 1.73. The normalized spacial score (nSPS) is 13.8. The first-order valence-corrected chi connectivity index (χ1v) is 7.15. The molecule has 24 heavy (non-hydrogen) atoms. The van der Waals surface area contributed by atoms with Gasteiger partial charge < -0.3 is 15.3 Å². The van der Waals surface area contributed by atoms with E-state index < -0.39 is 17.9 Å². The molecule has 0 fully saturated rings. The van der Waals surface area contributed by atoms with Crippen LogP contribution in [0.1, 0.15) is 22.4 Å². The third-order valence-corrected chi connectivity index (χ3v) is 3.84. The highest BCUT2D eigenvalue weighted by Gasteiger charge is 2.34. The number of hydrogen-bond donors (Lipinski definition) is 2. The van der Waals surface area contributed by atoms with Gasteiger partial charge in [-0.1, -0.05) is 12.1 Å². The second-order valence-electron chi connectivity index (χ2n) is 5.59. The van der Waals surface area contributed by atoms with Crippen molar-refractivity contribution in [2.45, 2.75) is 26.2 Å². The Bertz CT molecular complexity index is 806. The van der Waals surface area contributed by atoms with Crippen molar-refractivity contribution in [1.29, 1.82) is 0 Å². The van der Waals surface area contributed by atoms with Crippen molar-refractivity contribution >= 4 is 11.7 Å². The van der Waals surface area contributed by atoms with Crippen molar-refractivity contribution in [1.82, 2.24) is 9.88 Å².